The Morgan fingerprint density at radius 2 is 2.21 bits per heavy atom. The topological polar surface area (TPSA) is 23.5 Å². The van der Waals surface area contributed by atoms with E-state index < -0.39 is 0 Å². The quantitative estimate of drug-likeness (QED) is 0.880. The molecule has 1 aliphatic rings. The van der Waals surface area contributed by atoms with E-state index in [0.717, 1.165) is 25.9 Å². The summed E-state index contributed by atoms with van der Waals surface area (Å²) >= 11 is 0. The zero-order chi connectivity index (χ0) is 13.7. The third kappa shape index (κ3) is 4.32. The Hall–Kier alpha value is -0.860. The summed E-state index contributed by atoms with van der Waals surface area (Å²) in [5.41, 5.74) is 2.92. The van der Waals surface area contributed by atoms with Gasteiger partial charge in [0.25, 0.3) is 0 Å². The molecule has 0 aliphatic carbocycles. The van der Waals surface area contributed by atoms with Crippen LogP contribution in [0.25, 0.3) is 0 Å². The lowest BCUT2D eigenvalue weighted by Gasteiger charge is -2.39. The molecule has 1 fully saturated rings. The number of aliphatic hydroxyl groups excluding tert-OH is 1. The van der Waals surface area contributed by atoms with Crippen LogP contribution in [0.5, 0.6) is 0 Å². The molecule has 106 valence electrons. The molecule has 0 bridgehead atoms. The average molecular weight is 261 g/mol. The summed E-state index contributed by atoms with van der Waals surface area (Å²) in [5.74, 6) is 0. The summed E-state index contributed by atoms with van der Waals surface area (Å²) < 4.78 is 0. The Morgan fingerprint density at radius 3 is 2.95 bits per heavy atom. The highest BCUT2D eigenvalue weighted by Gasteiger charge is 2.29. The summed E-state index contributed by atoms with van der Waals surface area (Å²) in [6.45, 7) is 8.09. The van der Waals surface area contributed by atoms with Crippen LogP contribution in [0.4, 0.5) is 0 Å². The largest absolute Gasteiger partial charge is 0.396 e. The van der Waals surface area contributed by atoms with Crippen molar-refractivity contribution in [3.8, 4) is 0 Å². The van der Waals surface area contributed by atoms with E-state index in [2.05, 4.69) is 43.0 Å². The van der Waals surface area contributed by atoms with Crippen LogP contribution in [0.15, 0.2) is 24.3 Å². The first-order chi connectivity index (χ1) is 9.11. The first kappa shape index (κ1) is 14.5. The van der Waals surface area contributed by atoms with Gasteiger partial charge in [0.1, 0.15) is 0 Å². The van der Waals surface area contributed by atoms with Crippen molar-refractivity contribution in [3.63, 3.8) is 0 Å². The first-order valence-electron chi connectivity index (χ1n) is 7.50. The summed E-state index contributed by atoms with van der Waals surface area (Å²) in [4.78, 5) is 2.52. The van der Waals surface area contributed by atoms with Crippen LogP contribution in [0.1, 0.15) is 37.3 Å². The van der Waals surface area contributed by atoms with Crippen LogP contribution in [0.2, 0.25) is 0 Å². The molecule has 0 amide bonds. The van der Waals surface area contributed by atoms with E-state index >= 15 is 0 Å². The number of hydrogen-bond acceptors (Lipinski definition) is 2. The maximum atomic E-state index is 9.48. The number of piperidine rings is 1. The molecular weight excluding hydrogens is 234 g/mol. The van der Waals surface area contributed by atoms with E-state index in [4.69, 9.17) is 0 Å². The predicted octanol–water partition coefficient (Wildman–Crippen LogP) is 3.02. The standard InChI is InChI=1S/C17H27NO/c1-15-6-3-7-16(12-15)8-4-10-18-11-5-9-17(2,13-18)14-19/h3,6-7,12,19H,4-5,8-11,13-14H2,1-2H3. The zero-order valence-corrected chi connectivity index (χ0v) is 12.4. The smallest absolute Gasteiger partial charge is 0.0497 e. The van der Waals surface area contributed by atoms with Crippen molar-refractivity contribution in [1.29, 1.82) is 0 Å². The fourth-order valence-electron chi connectivity index (χ4n) is 3.12. The van der Waals surface area contributed by atoms with Gasteiger partial charge < -0.3 is 10.0 Å². The minimum absolute atomic E-state index is 0.127. The molecule has 1 unspecified atom stereocenters. The third-order valence-electron chi connectivity index (χ3n) is 4.26. The lowest BCUT2D eigenvalue weighted by atomic mass is 9.83. The van der Waals surface area contributed by atoms with Gasteiger partial charge in [-0.25, -0.2) is 0 Å². The molecule has 1 N–H and O–H groups in total. The molecular formula is C17H27NO. The molecule has 2 heteroatoms. The molecule has 1 aliphatic heterocycles. The number of aryl methyl sites for hydroxylation is 2. The fourth-order valence-corrected chi connectivity index (χ4v) is 3.12. The Bertz CT molecular complexity index is 404. The zero-order valence-electron chi connectivity index (χ0n) is 12.4. The van der Waals surface area contributed by atoms with Gasteiger partial charge >= 0.3 is 0 Å². The molecule has 0 radical (unpaired) electrons. The molecule has 0 aromatic heterocycles. The van der Waals surface area contributed by atoms with Crippen LogP contribution in [0.3, 0.4) is 0 Å². The minimum Gasteiger partial charge on any atom is -0.396 e. The lowest BCUT2D eigenvalue weighted by molar-refractivity contribution is 0.0462. The second-order valence-corrected chi connectivity index (χ2v) is 6.44. The van der Waals surface area contributed by atoms with Gasteiger partial charge in [-0.3, -0.25) is 0 Å². The number of rotatable bonds is 5. The van der Waals surface area contributed by atoms with Gasteiger partial charge in [-0.1, -0.05) is 36.8 Å². The van der Waals surface area contributed by atoms with Crippen LogP contribution < -0.4 is 0 Å². The van der Waals surface area contributed by atoms with Gasteiger partial charge in [0, 0.05) is 18.6 Å². The van der Waals surface area contributed by atoms with E-state index in [9.17, 15) is 5.11 Å². The minimum atomic E-state index is 0.127. The van der Waals surface area contributed by atoms with Crippen LogP contribution in [-0.2, 0) is 6.42 Å². The van der Waals surface area contributed by atoms with Gasteiger partial charge in [0.2, 0.25) is 0 Å². The molecule has 1 saturated heterocycles. The SMILES string of the molecule is Cc1cccc(CCCN2CCCC(C)(CO)C2)c1. The summed E-state index contributed by atoms with van der Waals surface area (Å²) in [6.07, 6.45) is 4.76. The first-order valence-corrected chi connectivity index (χ1v) is 7.50. The third-order valence-corrected chi connectivity index (χ3v) is 4.26. The lowest BCUT2D eigenvalue weighted by Crippen LogP contribution is -2.43. The van der Waals surface area contributed by atoms with Crippen LogP contribution in [-0.4, -0.2) is 36.2 Å². The maximum absolute atomic E-state index is 9.48. The Morgan fingerprint density at radius 1 is 1.37 bits per heavy atom. The molecule has 0 saturated carbocycles. The van der Waals surface area contributed by atoms with Gasteiger partial charge in [-0.2, -0.15) is 0 Å². The predicted molar refractivity (Wildman–Crippen MR) is 80.4 cm³/mol. The van der Waals surface area contributed by atoms with Gasteiger partial charge in [-0.05, 0) is 51.3 Å². The van der Waals surface area contributed by atoms with Crippen molar-refractivity contribution in [2.75, 3.05) is 26.2 Å². The van der Waals surface area contributed by atoms with Crippen molar-refractivity contribution in [2.45, 2.75) is 39.5 Å². The van der Waals surface area contributed by atoms with Gasteiger partial charge in [0.05, 0.1) is 0 Å². The molecule has 0 spiro atoms. The monoisotopic (exact) mass is 261 g/mol. The van der Waals surface area contributed by atoms with Gasteiger partial charge in [0.15, 0.2) is 0 Å². The number of benzene rings is 1. The van der Waals surface area contributed by atoms with E-state index in [1.165, 1.54) is 30.5 Å². The maximum Gasteiger partial charge on any atom is 0.0497 e. The molecule has 2 rings (SSSR count). The second-order valence-electron chi connectivity index (χ2n) is 6.44. The second kappa shape index (κ2) is 6.53. The van der Waals surface area contributed by atoms with Crippen molar-refractivity contribution in [3.05, 3.63) is 35.4 Å². The molecule has 1 heterocycles. The molecule has 1 aromatic carbocycles. The van der Waals surface area contributed by atoms with Crippen molar-refractivity contribution in [1.82, 2.24) is 4.90 Å². The highest BCUT2D eigenvalue weighted by molar-refractivity contribution is 5.22. The Kier molecular flexibility index (Phi) is 5.00. The summed E-state index contributed by atoms with van der Waals surface area (Å²) in [5, 5.41) is 9.48. The van der Waals surface area contributed by atoms with Crippen LogP contribution >= 0.6 is 0 Å². The molecule has 2 nitrogen and oxygen atoms in total. The molecule has 19 heavy (non-hydrogen) atoms. The van der Waals surface area contributed by atoms with E-state index in [0.29, 0.717) is 6.61 Å². The van der Waals surface area contributed by atoms with Gasteiger partial charge in [-0.15, -0.1) is 0 Å². The van der Waals surface area contributed by atoms with E-state index in [1.807, 2.05) is 0 Å². The number of hydrogen-bond donors (Lipinski definition) is 1. The normalized spacial score (nSPS) is 24.6. The van der Waals surface area contributed by atoms with Crippen LogP contribution in [0, 0.1) is 12.3 Å². The highest BCUT2D eigenvalue weighted by atomic mass is 16.3. The van der Waals surface area contributed by atoms with E-state index in [-0.39, 0.29) is 5.41 Å². The average Bonchev–Trinajstić information content (AvgIpc) is 2.39. The number of nitrogens with zero attached hydrogens (tertiary/aromatic N) is 1. The highest BCUT2D eigenvalue weighted by Crippen LogP contribution is 2.28. The van der Waals surface area contributed by atoms with Crippen molar-refractivity contribution < 1.29 is 5.11 Å². The Labute approximate surface area is 117 Å². The van der Waals surface area contributed by atoms with Crippen molar-refractivity contribution in [2.24, 2.45) is 5.41 Å². The summed E-state index contributed by atoms with van der Waals surface area (Å²) in [7, 11) is 0. The molecule has 1 atom stereocenters. The van der Waals surface area contributed by atoms with E-state index in [1.54, 1.807) is 0 Å². The fraction of sp³-hybridized carbons (Fsp3) is 0.647. The number of likely N-dealkylation sites (tertiary alicyclic amines) is 1. The van der Waals surface area contributed by atoms with Crippen molar-refractivity contribution >= 4 is 0 Å². The Balaban J connectivity index is 1.76. The molecule has 1 aromatic rings. The summed E-state index contributed by atoms with van der Waals surface area (Å²) in [6, 6.07) is 8.81. The number of aliphatic hydroxyl groups is 1.